The van der Waals surface area contributed by atoms with Crippen LogP contribution in [-0.4, -0.2) is 29.3 Å². The van der Waals surface area contributed by atoms with E-state index >= 15 is 0 Å². The highest BCUT2D eigenvalue weighted by atomic mass is 16.2. The molecule has 3 N–H and O–H groups in total. The summed E-state index contributed by atoms with van der Waals surface area (Å²) in [6, 6.07) is 17.7. The first kappa shape index (κ1) is 17.7. The smallest absolute Gasteiger partial charge is 0.235 e. The lowest BCUT2D eigenvalue weighted by atomic mass is 9.72. The van der Waals surface area contributed by atoms with Crippen molar-refractivity contribution in [1.29, 1.82) is 0 Å². The number of amides is 2. The molecule has 27 heavy (non-hydrogen) atoms. The molecule has 1 atom stereocenters. The van der Waals surface area contributed by atoms with Crippen LogP contribution in [0, 0.1) is 0 Å². The SMILES string of the molecule is NC(=O)[C@@H]1Cc2ccccc2CN1CC(=O)NC1(c2ccccc2)CCC1. The molecule has 1 aliphatic carbocycles. The van der Waals surface area contributed by atoms with Crippen LogP contribution in [0.3, 0.4) is 0 Å². The topological polar surface area (TPSA) is 75.4 Å². The van der Waals surface area contributed by atoms with Gasteiger partial charge in [-0.15, -0.1) is 0 Å². The van der Waals surface area contributed by atoms with Gasteiger partial charge in [0.25, 0.3) is 0 Å². The van der Waals surface area contributed by atoms with Crippen LogP contribution in [-0.2, 0) is 28.1 Å². The zero-order valence-corrected chi connectivity index (χ0v) is 15.4. The molecule has 2 aromatic carbocycles. The highest BCUT2D eigenvalue weighted by Crippen LogP contribution is 2.41. The van der Waals surface area contributed by atoms with Gasteiger partial charge in [0.1, 0.15) is 0 Å². The van der Waals surface area contributed by atoms with E-state index in [-0.39, 0.29) is 23.9 Å². The summed E-state index contributed by atoms with van der Waals surface area (Å²) in [6.07, 6.45) is 3.56. The summed E-state index contributed by atoms with van der Waals surface area (Å²) in [5, 5.41) is 3.24. The maximum atomic E-state index is 12.9. The second kappa shape index (κ2) is 7.16. The van der Waals surface area contributed by atoms with Crippen molar-refractivity contribution in [3.63, 3.8) is 0 Å². The number of carbonyl (C=O) groups excluding carboxylic acids is 2. The van der Waals surface area contributed by atoms with E-state index < -0.39 is 6.04 Å². The number of fused-ring (bicyclic) bond motifs is 1. The van der Waals surface area contributed by atoms with E-state index in [2.05, 4.69) is 23.5 Å². The number of primary amides is 1. The molecule has 5 heteroatoms. The summed E-state index contributed by atoms with van der Waals surface area (Å²) in [5.74, 6) is -0.428. The fourth-order valence-electron chi connectivity index (χ4n) is 4.29. The van der Waals surface area contributed by atoms with Crippen LogP contribution in [0.4, 0.5) is 0 Å². The van der Waals surface area contributed by atoms with Crippen LogP contribution in [0.1, 0.15) is 36.0 Å². The Morgan fingerprint density at radius 1 is 1.04 bits per heavy atom. The molecule has 0 unspecified atom stereocenters. The van der Waals surface area contributed by atoms with E-state index in [1.807, 2.05) is 41.3 Å². The molecular formula is C22H25N3O2. The monoisotopic (exact) mass is 363 g/mol. The van der Waals surface area contributed by atoms with E-state index in [9.17, 15) is 9.59 Å². The number of hydrogen-bond donors (Lipinski definition) is 2. The van der Waals surface area contributed by atoms with Gasteiger partial charge in [-0.3, -0.25) is 14.5 Å². The van der Waals surface area contributed by atoms with Crippen molar-refractivity contribution in [1.82, 2.24) is 10.2 Å². The van der Waals surface area contributed by atoms with Gasteiger partial charge < -0.3 is 11.1 Å². The Hall–Kier alpha value is -2.66. The Bertz CT molecular complexity index is 846. The average molecular weight is 363 g/mol. The molecule has 2 amide bonds. The predicted molar refractivity (Wildman–Crippen MR) is 104 cm³/mol. The summed E-state index contributed by atoms with van der Waals surface area (Å²) in [6.45, 7) is 0.742. The average Bonchev–Trinajstić information content (AvgIpc) is 2.64. The highest BCUT2D eigenvalue weighted by Gasteiger charge is 2.40. The van der Waals surface area contributed by atoms with Gasteiger partial charge in [0.15, 0.2) is 0 Å². The number of nitrogens with two attached hydrogens (primary N) is 1. The Labute approximate surface area is 159 Å². The zero-order valence-electron chi connectivity index (χ0n) is 15.4. The molecule has 1 heterocycles. The molecule has 1 aliphatic heterocycles. The lowest BCUT2D eigenvalue weighted by molar-refractivity contribution is -0.129. The minimum Gasteiger partial charge on any atom is -0.368 e. The van der Waals surface area contributed by atoms with Gasteiger partial charge in [-0.1, -0.05) is 54.6 Å². The van der Waals surface area contributed by atoms with Crippen molar-refractivity contribution in [2.75, 3.05) is 6.54 Å². The van der Waals surface area contributed by atoms with Crippen molar-refractivity contribution in [3.05, 3.63) is 71.3 Å². The lowest BCUT2D eigenvalue weighted by Gasteiger charge is -2.44. The Morgan fingerprint density at radius 3 is 2.33 bits per heavy atom. The van der Waals surface area contributed by atoms with Gasteiger partial charge in [0.05, 0.1) is 18.1 Å². The summed E-state index contributed by atoms with van der Waals surface area (Å²) in [5.41, 5.74) is 8.81. The number of hydrogen-bond acceptors (Lipinski definition) is 3. The van der Waals surface area contributed by atoms with Crippen LogP contribution in [0.2, 0.25) is 0 Å². The summed E-state index contributed by atoms with van der Waals surface area (Å²) >= 11 is 0. The molecule has 140 valence electrons. The van der Waals surface area contributed by atoms with Crippen LogP contribution < -0.4 is 11.1 Å². The third-order valence-corrected chi connectivity index (χ3v) is 5.93. The van der Waals surface area contributed by atoms with E-state index in [0.717, 1.165) is 36.0 Å². The number of nitrogens with one attached hydrogen (secondary N) is 1. The number of carbonyl (C=O) groups is 2. The predicted octanol–water partition coefficient (Wildman–Crippen LogP) is 2.09. The standard InChI is InChI=1S/C22H25N3O2/c23-21(27)19-13-16-7-4-5-8-17(16)14-25(19)15-20(26)24-22(11-6-12-22)18-9-2-1-3-10-18/h1-5,7-10,19H,6,11-15H2,(H2,23,27)(H,24,26)/t19-/m0/s1. The number of rotatable bonds is 5. The van der Waals surface area contributed by atoms with Gasteiger partial charge in [-0.2, -0.15) is 0 Å². The van der Waals surface area contributed by atoms with E-state index in [1.165, 1.54) is 0 Å². The largest absolute Gasteiger partial charge is 0.368 e. The van der Waals surface area contributed by atoms with Crippen LogP contribution in [0.15, 0.2) is 54.6 Å². The zero-order chi connectivity index (χ0) is 18.9. The van der Waals surface area contributed by atoms with E-state index in [4.69, 9.17) is 5.73 Å². The minimum absolute atomic E-state index is 0.0517. The Morgan fingerprint density at radius 2 is 1.70 bits per heavy atom. The molecule has 1 saturated carbocycles. The molecule has 1 fully saturated rings. The molecular weight excluding hydrogens is 338 g/mol. The quantitative estimate of drug-likeness (QED) is 0.854. The summed E-state index contributed by atoms with van der Waals surface area (Å²) in [4.78, 5) is 26.7. The molecule has 0 bridgehead atoms. The minimum atomic E-state index is -0.445. The fourth-order valence-corrected chi connectivity index (χ4v) is 4.29. The first-order valence-electron chi connectivity index (χ1n) is 9.54. The van der Waals surface area contributed by atoms with Gasteiger partial charge in [-0.25, -0.2) is 0 Å². The van der Waals surface area contributed by atoms with Crippen molar-refractivity contribution >= 4 is 11.8 Å². The highest BCUT2D eigenvalue weighted by molar-refractivity contribution is 5.83. The first-order chi connectivity index (χ1) is 13.1. The van der Waals surface area contributed by atoms with Gasteiger partial charge in [0.2, 0.25) is 11.8 Å². The van der Waals surface area contributed by atoms with E-state index in [1.54, 1.807) is 0 Å². The molecule has 0 aromatic heterocycles. The molecule has 0 spiro atoms. The summed E-state index contributed by atoms with van der Waals surface area (Å²) < 4.78 is 0. The van der Waals surface area contributed by atoms with Crippen molar-refractivity contribution < 1.29 is 9.59 Å². The Balaban J connectivity index is 1.49. The molecule has 2 aliphatic rings. The van der Waals surface area contributed by atoms with Crippen LogP contribution in [0.5, 0.6) is 0 Å². The number of nitrogens with zero attached hydrogens (tertiary/aromatic N) is 1. The second-order valence-corrected chi connectivity index (χ2v) is 7.65. The first-order valence-corrected chi connectivity index (χ1v) is 9.54. The molecule has 0 saturated heterocycles. The third kappa shape index (κ3) is 3.47. The Kier molecular flexibility index (Phi) is 4.70. The van der Waals surface area contributed by atoms with Gasteiger partial charge >= 0.3 is 0 Å². The second-order valence-electron chi connectivity index (χ2n) is 7.65. The van der Waals surface area contributed by atoms with Gasteiger partial charge in [-0.05, 0) is 42.4 Å². The third-order valence-electron chi connectivity index (χ3n) is 5.93. The van der Waals surface area contributed by atoms with Crippen LogP contribution in [0.25, 0.3) is 0 Å². The fraction of sp³-hybridized carbons (Fsp3) is 0.364. The molecule has 2 aromatic rings. The maximum absolute atomic E-state index is 12.9. The lowest BCUT2D eigenvalue weighted by Crippen LogP contribution is -2.56. The van der Waals surface area contributed by atoms with E-state index in [0.29, 0.717) is 13.0 Å². The molecule has 4 rings (SSSR count). The van der Waals surface area contributed by atoms with Crippen molar-refractivity contribution in [3.8, 4) is 0 Å². The maximum Gasteiger partial charge on any atom is 0.235 e. The molecule has 0 radical (unpaired) electrons. The van der Waals surface area contributed by atoms with Crippen molar-refractivity contribution in [2.24, 2.45) is 5.73 Å². The van der Waals surface area contributed by atoms with Crippen molar-refractivity contribution in [2.45, 2.75) is 43.8 Å². The summed E-state index contributed by atoms with van der Waals surface area (Å²) in [7, 11) is 0. The molecule has 5 nitrogen and oxygen atoms in total. The number of benzene rings is 2. The normalized spacial score (nSPS) is 21.0. The van der Waals surface area contributed by atoms with Gasteiger partial charge in [0, 0.05) is 6.54 Å². The van der Waals surface area contributed by atoms with Crippen LogP contribution >= 0.6 is 0 Å².